The number of amides is 2. The highest BCUT2D eigenvalue weighted by molar-refractivity contribution is 7.15. The zero-order valence-corrected chi connectivity index (χ0v) is 17.6. The third-order valence-electron chi connectivity index (χ3n) is 4.09. The van der Waals surface area contributed by atoms with E-state index in [2.05, 4.69) is 15.3 Å². The molecule has 1 N–H and O–H groups in total. The third kappa shape index (κ3) is 5.26. The van der Waals surface area contributed by atoms with Crippen molar-refractivity contribution >= 4 is 39.8 Å². The van der Waals surface area contributed by atoms with Crippen LogP contribution in [0.15, 0.2) is 11.6 Å². The zero-order chi connectivity index (χ0) is 19.6. The predicted molar refractivity (Wildman–Crippen MR) is 107 cm³/mol. The van der Waals surface area contributed by atoms with Gasteiger partial charge in [0.25, 0.3) is 5.91 Å². The summed E-state index contributed by atoms with van der Waals surface area (Å²) in [4.78, 5) is 35.9. The van der Waals surface area contributed by atoms with Gasteiger partial charge in [0, 0.05) is 35.5 Å². The number of rotatable bonds is 3. The van der Waals surface area contributed by atoms with Gasteiger partial charge in [-0.1, -0.05) is 0 Å². The van der Waals surface area contributed by atoms with E-state index >= 15 is 0 Å². The molecule has 0 radical (unpaired) electrons. The fourth-order valence-electron chi connectivity index (χ4n) is 2.79. The van der Waals surface area contributed by atoms with Gasteiger partial charge in [-0.15, -0.1) is 22.7 Å². The van der Waals surface area contributed by atoms with Crippen LogP contribution in [0.1, 0.15) is 59.9 Å². The Morgan fingerprint density at radius 3 is 2.59 bits per heavy atom. The van der Waals surface area contributed by atoms with E-state index in [1.165, 1.54) is 22.7 Å². The summed E-state index contributed by atoms with van der Waals surface area (Å²) < 4.78 is 5.43. The van der Waals surface area contributed by atoms with E-state index < -0.39 is 5.60 Å². The Bertz CT molecular complexity index is 817. The molecule has 1 saturated heterocycles. The van der Waals surface area contributed by atoms with Crippen LogP contribution in [-0.4, -0.2) is 45.6 Å². The molecule has 0 bridgehead atoms. The average Bonchev–Trinajstić information content (AvgIpc) is 3.23. The first-order chi connectivity index (χ1) is 12.7. The molecule has 1 fully saturated rings. The Balaban J connectivity index is 1.55. The number of carbonyl (C=O) groups is 2. The molecule has 0 unspecified atom stereocenters. The lowest BCUT2D eigenvalue weighted by molar-refractivity contribution is 0.0205. The molecule has 9 heteroatoms. The molecule has 0 aromatic carbocycles. The van der Waals surface area contributed by atoms with Gasteiger partial charge in [-0.25, -0.2) is 14.8 Å². The molecule has 1 aliphatic heterocycles. The fraction of sp³-hybridized carbons (Fsp3) is 0.556. The van der Waals surface area contributed by atoms with Crippen molar-refractivity contribution in [2.24, 2.45) is 0 Å². The van der Waals surface area contributed by atoms with E-state index in [9.17, 15) is 9.59 Å². The molecular formula is C18H24N4O3S2. The van der Waals surface area contributed by atoms with E-state index in [0.29, 0.717) is 23.9 Å². The van der Waals surface area contributed by atoms with E-state index in [-0.39, 0.29) is 17.9 Å². The van der Waals surface area contributed by atoms with Gasteiger partial charge < -0.3 is 9.64 Å². The molecule has 0 aliphatic carbocycles. The van der Waals surface area contributed by atoms with Gasteiger partial charge in [0.1, 0.15) is 11.3 Å². The van der Waals surface area contributed by atoms with Gasteiger partial charge in [-0.3, -0.25) is 10.1 Å². The highest BCUT2D eigenvalue weighted by atomic mass is 32.1. The van der Waals surface area contributed by atoms with Gasteiger partial charge in [-0.05, 0) is 40.5 Å². The molecule has 27 heavy (non-hydrogen) atoms. The Morgan fingerprint density at radius 1 is 1.30 bits per heavy atom. The Hall–Kier alpha value is -2.00. The van der Waals surface area contributed by atoms with E-state index in [4.69, 9.17) is 4.74 Å². The minimum atomic E-state index is -0.485. The van der Waals surface area contributed by atoms with Crippen molar-refractivity contribution in [3.05, 3.63) is 27.2 Å². The summed E-state index contributed by atoms with van der Waals surface area (Å²) in [6.45, 7) is 8.82. The van der Waals surface area contributed by atoms with Crippen LogP contribution in [-0.2, 0) is 4.74 Å². The summed E-state index contributed by atoms with van der Waals surface area (Å²) in [5, 5.41) is 6.09. The molecule has 3 rings (SSSR count). The smallest absolute Gasteiger partial charge is 0.410 e. The van der Waals surface area contributed by atoms with Crippen LogP contribution in [0.25, 0.3) is 0 Å². The van der Waals surface area contributed by atoms with Crippen LogP contribution in [0.3, 0.4) is 0 Å². The first-order valence-corrected chi connectivity index (χ1v) is 10.6. The van der Waals surface area contributed by atoms with E-state index in [1.54, 1.807) is 16.5 Å². The summed E-state index contributed by atoms with van der Waals surface area (Å²) in [5.74, 6) is 0.0235. The summed E-state index contributed by atoms with van der Waals surface area (Å²) in [5.41, 5.74) is -0.0704. The maximum Gasteiger partial charge on any atom is 0.410 e. The quantitative estimate of drug-likeness (QED) is 0.820. The summed E-state index contributed by atoms with van der Waals surface area (Å²) in [7, 11) is 0. The lowest BCUT2D eigenvalue weighted by atomic mass is 9.98. The normalized spacial score (nSPS) is 15.6. The molecule has 2 aromatic heterocycles. The number of aromatic nitrogens is 2. The van der Waals surface area contributed by atoms with Crippen LogP contribution in [0, 0.1) is 6.92 Å². The number of carbonyl (C=O) groups excluding carboxylic acids is 2. The number of nitrogens with zero attached hydrogens (tertiary/aromatic N) is 3. The lowest BCUT2D eigenvalue weighted by Gasteiger charge is -2.32. The molecule has 7 nitrogen and oxygen atoms in total. The second-order valence-electron chi connectivity index (χ2n) is 7.54. The Kier molecular flexibility index (Phi) is 5.81. The molecule has 1 aliphatic rings. The number of likely N-dealkylation sites (tertiary alicyclic amines) is 1. The topological polar surface area (TPSA) is 84.4 Å². The number of piperidine rings is 1. The average molecular weight is 409 g/mol. The molecule has 0 atom stereocenters. The Morgan fingerprint density at radius 2 is 2.00 bits per heavy atom. The predicted octanol–water partition coefficient (Wildman–Crippen LogP) is 4.27. The van der Waals surface area contributed by atoms with Gasteiger partial charge in [-0.2, -0.15) is 0 Å². The van der Waals surface area contributed by atoms with Crippen LogP contribution < -0.4 is 5.32 Å². The molecule has 2 aromatic rings. The first-order valence-electron chi connectivity index (χ1n) is 8.88. The number of nitrogens with one attached hydrogen (secondary N) is 1. The van der Waals surface area contributed by atoms with Crippen LogP contribution in [0.4, 0.5) is 9.93 Å². The summed E-state index contributed by atoms with van der Waals surface area (Å²) in [6, 6.07) is 0. The SMILES string of the molecule is Cc1cnc(NC(=O)c2csc(C3CCN(C(=O)OC(C)(C)C)CC3)n2)s1. The largest absolute Gasteiger partial charge is 0.444 e. The van der Waals surface area contributed by atoms with Gasteiger partial charge >= 0.3 is 6.09 Å². The van der Waals surface area contributed by atoms with Gasteiger partial charge in [0.2, 0.25) is 0 Å². The minimum Gasteiger partial charge on any atom is -0.444 e. The number of anilines is 1. The summed E-state index contributed by atoms with van der Waals surface area (Å²) in [6.07, 6.45) is 3.10. The van der Waals surface area contributed by atoms with Crippen molar-refractivity contribution in [3.8, 4) is 0 Å². The lowest BCUT2D eigenvalue weighted by Crippen LogP contribution is -2.41. The van der Waals surface area contributed by atoms with Crippen molar-refractivity contribution in [1.82, 2.24) is 14.9 Å². The van der Waals surface area contributed by atoms with Gasteiger partial charge in [0.05, 0.1) is 5.01 Å². The van der Waals surface area contributed by atoms with Crippen molar-refractivity contribution in [3.63, 3.8) is 0 Å². The number of hydrogen-bond acceptors (Lipinski definition) is 7. The third-order valence-corrected chi connectivity index (χ3v) is 5.93. The van der Waals surface area contributed by atoms with Crippen LogP contribution >= 0.6 is 22.7 Å². The Labute approximate surface area is 166 Å². The molecular weight excluding hydrogens is 384 g/mol. The van der Waals surface area contributed by atoms with Crippen molar-refractivity contribution in [1.29, 1.82) is 0 Å². The van der Waals surface area contributed by atoms with Crippen molar-refractivity contribution in [2.45, 2.75) is 52.1 Å². The van der Waals surface area contributed by atoms with Crippen molar-refractivity contribution in [2.75, 3.05) is 18.4 Å². The number of ether oxygens (including phenoxy) is 1. The number of aryl methyl sites for hydroxylation is 1. The molecule has 0 spiro atoms. The van der Waals surface area contributed by atoms with Gasteiger partial charge in [0.15, 0.2) is 5.13 Å². The molecule has 0 saturated carbocycles. The van der Waals surface area contributed by atoms with Crippen LogP contribution in [0.2, 0.25) is 0 Å². The zero-order valence-electron chi connectivity index (χ0n) is 15.9. The fourth-order valence-corrected chi connectivity index (χ4v) is 4.42. The second kappa shape index (κ2) is 7.93. The maximum atomic E-state index is 12.3. The highest BCUT2D eigenvalue weighted by Gasteiger charge is 2.29. The first kappa shape index (κ1) is 19.8. The summed E-state index contributed by atoms with van der Waals surface area (Å²) >= 11 is 2.93. The minimum absolute atomic E-state index is 0.238. The maximum absolute atomic E-state index is 12.3. The second-order valence-corrected chi connectivity index (χ2v) is 9.67. The molecule has 146 valence electrons. The molecule has 2 amide bonds. The molecule has 3 heterocycles. The van der Waals surface area contributed by atoms with E-state index in [0.717, 1.165) is 22.7 Å². The highest BCUT2D eigenvalue weighted by Crippen LogP contribution is 2.31. The van der Waals surface area contributed by atoms with Crippen LogP contribution in [0.5, 0.6) is 0 Å². The van der Waals surface area contributed by atoms with Crippen molar-refractivity contribution < 1.29 is 14.3 Å². The number of hydrogen-bond donors (Lipinski definition) is 1. The standard InChI is InChI=1S/C18H24N4O3S2/c1-11-9-19-16(27-11)21-14(23)13-10-26-15(20-13)12-5-7-22(8-6-12)17(24)25-18(2,3)4/h9-10,12H,5-8H2,1-4H3,(H,19,21,23). The van der Waals surface area contributed by atoms with E-state index in [1.807, 2.05) is 27.7 Å². The monoisotopic (exact) mass is 408 g/mol. The number of thiazole rings is 2.